The molecule has 0 saturated carbocycles. The molecule has 0 bridgehead atoms. The van der Waals surface area contributed by atoms with Crippen LogP contribution in [0, 0.1) is 0 Å². The van der Waals surface area contributed by atoms with E-state index in [9.17, 15) is 0 Å². The molecule has 0 N–H and O–H groups in total. The lowest BCUT2D eigenvalue weighted by Crippen LogP contribution is -1.97. The van der Waals surface area contributed by atoms with Gasteiger partial charge in [0.25, 0.3) is 0 Å². The van der Waals surface area contributed by atoms with E-state index in [1.165, 1.54) is 19.3 Å². The van der Waals surface area contributed by atoms with Gasteiger partial charge in [0.05, 0.1) is 0 Å². The van der Waals surface area contributed by atoms with E-state index in [0.717, 1.165) is 6.42 Å². The highest BCUT2D eigenvalue weighted by molar-refractivity contribution is 5.80. The predicted molar refractivity (Wildman–Crippen MR) is 87.6 cm³/mol. The van der Waals surface area contributed by atoms with Crippen molar-refractivity contribution in [3.8, 4) is 0 Å². The van der Waals surface area contributed by atoms with Crippen molar-refractivity contribution < 1.29 is 0 Å². The van der Waals surface area contributed by atoms with Crippen molar-refractivity contribution in [1.29, 1.82) is 0 Å². The maximum absolute atomic E-state index is 3.00. The van der Waals surface area contributed by atoms with E-state index in [2.05, 4.69) is 59.1 Å². The van der Waals surface area contributed by atoms with E-state index < -0.39 is 0 Å². The summed E-state index contributed by atoms with van der Waals surface area (Å²) in [6, 6.07) is 6.90. The van der Waals surface area contributed by atoms with Gasteiger partial charge in [-0.2, -0.15) is 0 Å². The van der Waals surface area contributed by atoms with Gasteiger partial charge in [0.2, 0.25) is 0 Å². The highest BCUT2D eigenvalue weighted by Gasteiger charge is 2.29. The molecule has 0 fully saturated rings. The monoisotopic (exact) mass is 256 g/mol. The Bertz CT molecular complexity index is 451. The number of hydrogen-bond acceptors (Lipinski definition) is 0. The van der Waals surface area contributed by atoms with Gasteiger partial charge in [0.15, 0.2) is 0 Å². The lowest BCUT2D eigenvalue weighted by atomic mass is 9.91. The van der Waals surface area contributed by atoms with Crippen LogP contribution in [-0.4, -0.2) is 0 Å². The highest BCUT2D eigenvalue weighted by atomic mass is 14.3. The Labute approximate surface area is 119 Å². The fourth-order valence-corrected chi connectivity index (χ4v) is 3.46. The summed E-state index contributed by atoms with van der Waals surface area (Å²) in [5.41, 5.74) is 8.08. The molecule has 0 radical (unpaired) electrons. The predicted octanol–water partition coefficient (Wildman–Crippen LogP) is 6.13. The van der Waals surface area contributed by atoms with Crippen LogP contribution in [0.4, 0.5) is 0 Å². The summed E-state index contributed by atoms with van der Waals surface area (Å²) in [4.78, 5) is 0. The van der Waals surface area contributed by atoms with Crippen LogP contribution >= 0.6 is 0 Å². The second-order valence-corrected chi connectivity index (χ2v) is 4.91. The van der Waals surface area contributed by atoms with Crippen molar-refractivity contribution >= 4 is 5.57 Å². The first-order chi connectivity index (χ1) is 9.28. The Hall–Kier alpha value is -1.30. The molecule has 0 heterocycles. The lowest BCUT2D eigenvalue weighted by Gasteiger charge is -2.13. The number of fused-ring (bicyclic) bond motifs is 1. The second-order valence-electron chi connectivity index (χ2n) is 4.91. The van der Waals surface area contributed by atoms with Crippen LogP contribution in [0.25, 0.3) is 5.57 Å². The van der Waals surface area contributed by atoms with E-state index in [4.69, 9.17) is 0 Å². The maximum Gasteiger partial charge on any atom is 0.00576 e. The van der Waals surface area contributed by atoms with E-state index in [1.807, 2.05) is 0 Å². The van der Waals surface area contributed by atoms with Crippen molar-refractivity contribution in [2.75, 3.05) is 0 Å². The minimum absolute atomic E-state index is 0.691. The minimum Gasteiger partial charge on any atom is -0.106 e. The molecule has 1 aliphatic rings. The maximum atomic E-state index is 3.00. The normalized spacial score (nSPS) is 16.9. The third-order valence-electron chi connectivity index (χ3n) is 4.19. The van der Waals surface area contributed by atoms with Crippen molar-refractivity contribution in [1.82, 2.24) is 0 Å². The smallest absolute Gasteiger partial charge is 0.00576 e. The zero-order valence-corrected chi connectivity index (χ0v) is 13.1. The molecule has 1 unspecified atom stereocenters. The Morgan fingerprint density at radius 3 is 2.11 bits per heavy atom. The fourth-order valence-electron chi connectivity index (χ4n) is 3.46. The van der Waals surface area contributed by atoms with Gasteiger partial charge < -0.3 is 0 Å². The molecule has 1 atom stereocenters. The van der Waals surface area contributed by atoms with Crippen LogP contribution in [-0.2, 0) is 6.42 Å². The summed E-state index contributed by atoms with van der Waals surface area (Å²) in [7, 11) is 0. The van der Waals surface area contributed by atoms with Crippen LogP contribution < -0.4 is 0 Å². The first kappa shape index (κ1) is 15.8. The number of allylic oxidation sites excluding steroid dienone is 2. The van der Waals surface area contributed by atoms with Crippen LogP contribution in [0.5, 0.6) is 0 Å². The lowest BCUT2D eigenvalue weighted by molar-refractivity contribution is 0.745. The molecular weight excluding hydrogens is 228 g/mol. The summed E-state index contributed by atoms with van der Waals surface area (Å²) >= 11 is 0. The van der Waals surface area contributed by atoms with Crippen LogP contribution in [0.15, 0.2) is 36.9 Å². The van der Waals surface area contributed by atoms with E-state index in [0.29, 0.717) is 5.92 Å². The van der Waals surface area contributed by atoms with Gasteiger partial charge >= 0.3 is 0 Å². The van der Waals surface area contributed by atoms with E-state index >= 15 is 0 Å². The van der Waals surface area contributed by atoms with Crippen LogP contribution in [0.1, 0.15) is 69.6 Å². The Morgan fingerprint density at radius 1 is 0.947 bits per heavy atom. The largest absolute Gasteiger partial charge is 0.106 e. The molecule has 1 aromatic rings. The van der Waals surface area contributed by atoms with Crippen molar-refractivity contribution in [2.24, 2.45) is 0 Å². The average Bonchev–Trinajstić information content (AvgIpc) is 2.81. The molecule has 1 aliphatic carbocycles. The number of aryl methyl sites for hydroxylation is 1. The standard InChI is InChI=1S/C17H24.C2H4/c1-5-12-10-9-11-16-14(7-3)13(6-2)15(8-4)17(12)16;1-2/h9-11,14H,5-8H2,1-4H3;1-2H2. The van der Waals surface area contributed by atoms with Gasteiger partial charge in [-0.15, -0.1) is 13.2 Å². The third-order valence-corrected chi connectivity index (χ3v) is 4.19. The molecule has 104 valence electrons. The van der Waals surface area contributed by atoms with Crippen LogP contribution in [0.3, 0.4) is 0 Å². The number of rotatable bonds is 4. The summed E-state index contributed by atoms with van der Waals surface area (Å²) in [6.07, 6.45) is 4.79. The summed E-state index contributed by atoms with van der Waals surface area (Å²) < 4.78 is 0. The molecule has 19 heavy (non-hydrogen) atoms. The van der Waals surface area contributed by atoms with Crippen LogP contribution in [0.2, 0.25) is 0 Å². The summed E-state index contributed by atoms with van der Waals surface area (Å²) in [5, 5.41) is 0. The molecule has 0 heteroatoms. The topological polar surface area (TPSA) is 0 Å². The Morgan fingerprint density at radius 2 is 1.63 bits per heavy atom. The summed E-state index contributed by atoms with van der Waals surface area (Å²) in [5.74, 6) is 0.691. The Balaban J connectivity index is 0.000000861. The zero-order chi connectivity index (χ0) is 14.4. The molecule has 0 amide bonds. The molecule has 0 spiro atoms. The number of benzene rings is 1. The highest BCUT2D eigenvalue weighted by Crippen LogP contribution is 2.47. The average molecular weight is 256 g/mol. The molecule has 0 nitrogen and oxygen atoms in total. The van der Waals surface area contributed by atoms with Gasteiger partial charge in [-0.05, 0) is 47.9 Å². The van der Waals surface area contributed by atoms with E-state index in [1.54, 1.807) is 27.8 Å². The molecule has 2 rings (SSSR count). The minimum atomic E-state index is 0.691. The first-order valence-electron chi connectivity index (χ1n) is 7.62. The molecule has 0 aromatic heterocycles. The van der Waals surface area contributed by atoms with E-state index in [-0.39, 0.29) is 0 Å². The van der Waals surface area contributed by atoms with Gasteiger partial charge in [0, 0.05) is 5.92 Å². The molecular formula is C19H28. The number of hydrogen-bond donors (Lipinski definition) is 0. The first-order valence-corrected chi connectivity index (χ1v) is 7.62. The SMILES string of the molecule is C=C.CCC1=C(CC)C(CC)c2cccc(CC)c21. The van der Waals surface area contributed by atoms with Gasteiger partial charge in [0.1, 0.15) is 0 Å². The summed E-state index contributed by atoms with van der Waals surface area (Å²) in [6.45, 7) is 15.2. The fraction of sp³-hybridized carbons (Fsp3) is 0.474. The zero-order valence-electron chi connectivity index (χ0n) is 13.1. The second kappa shape index (κ2) is 7.33. The van der Waals surface area contributed by atoms with Gasteiger partial charge in [-0.25, -0.2) is 0 Å². The Kier molecular flexibility index (Phi) is 6.08. The van der Waals surface area contributed by atoms with Gasteiger partial charge in [-0.3, -0.25) is 0 Å². The van der Waals surface area contributed by atoms with Crippen molar-refractivity contribution in [2.45, 2.75) is 59.3 Å². The third kappa shape index (κ3) is 2.68. The van der Waals surface area contributed by atoms with Gasteiger partial charge in [-0.1, -0.05) is 51.5 Å². The molecule has 1 aromatic carbocycles. The molecule has 0 aliphatic heterocycles. The van der Waals surface area contributed by atoms with Crippen molar-refractivity contribution in [3.05, 3.63) is 53.6 Å². The molecule has 0 saturated heterocycles. The van der Waals surface area contributed by atoms with Crippen molar-refractivity contribution in [3.63, 3.8) is 0 Å². The quantitative estimate of drug-likeness (QED) is 0.568.